The Labute approximate surface area is 103 Å². The average molecular weight is 234 g/mol. The number of nitrogens with two attached hydrogens (primary N) is 1. The molecular weight excluding hydrogens is 212 g/mol. The van der Waals surface area contributed by atoms with Crippen molar-refractivity contribution in [3.63, 3.8) is 0 Å². The van der Waals surface area contributed by atoms with Crippen molar-refractivity contribution in [1.29, 1.82) is 0 Å². The van der Waals surface area contributed by atoms with Gasteiger partial charge >= 0.3 is 0 Å². The first-order valence-electron chi connectivity index (χ1n) is 6.40. The Balaban J connectivity index is 2.04. The number of nitrogens with zero attached hydrogens (tertiary/aromatic N) is 2. The second-order valence-corrected chi connectivity index (χ2v) is 5.51. The number of nitrogen functional groups attached to an aromatic ring is 1. The molecule has 0 aliphatic heterocycles. The number of hydrogen-bond acceptors (Lipinski definition) is 4. The molecular formula is C13H22N4. The summed E-state index contributed by atoms with van der Waals surface area (Å²) in [7, 11) is 0. The predicted octanol–water partition coefficient (Wildman–Crippen LogP) is 2.60. The first-order valence-corrected chi connectivity index (χ1v) is 6.40. The van der Waals surface area contributed by atoms with Crippen LogP contribution in [0.15, 0.2) is 6.07 Å². The second-order valence-electron chi connectivity index (χ2n) is 5.51. The molecule has 0 aromatic carbocycles. The number of aryl methyl sites for hydroxylation is 1. The van der Waals surface area contributed by atoms with Crippen molar-refractivity contribution >= 4 is 11.8 Å². The molecule has 1 aromatic heterocycles. The molecule has 4 nitrogen and oxygen atoms in total. The molecule has 1 aliphatic rings. The van der Waals surface area contributed by atoms with Gasteiger partial charge in [-0.2, -0.15) is 4.98 Å². The third-order valence-corrected chi connectivity index (χ3v) is 3.40. The Kier molecular flexibility index (Phi) is 3.50. The molecule has 0 amide bonds. The highest BCUT2D eigenvalue weighted by molar-refractivity contribution is 5.41. The zero-order valence-corrected chi connectivity index (χ0v) is 10.9. The van der Waals surface area contributed by atoms with Gasteiger partial charge in [0, 0.05) is 17.8 Å². The minimum Gasteiger partial charge on any atom is -0.368 e. The molecule has 0 spiro atoms. The van der Waals surface area contributed by atoms with Crippen LogP contribution in [0.3, 0.4) is 0 Å². The topological polar surface area (TPSA) is 63.8 Å². The van der Waals surface area contributed by atoms with Crippen molar-refractivity contribution in [3.05, 3.63) is 11.8 Å². The molecule has 1 saturated carbocycles. The van der Waals surface area contributed by atoms with E-state index in [2.05, 4.69) is 29.1 Å². The summed E-state index contributed by atoms with van der Waals surface area (Å²) >= 11 is 0. The monoisotopic (exact) mass is 234 g/mol. The van der Waals surface area contributed by atoms with Gasteiger partial charge in [-0.05, 0) is 38.0 Å². The van der Waals surface area contributed by atoms with E-state index in [-0.39, 0.29) is 0 Å². The maximum Gasteiger partial charge on any atom is 0.222 e. The number of rotatable bonds is 2. The smallest absolute Gasteiger partial charge is 0.222 e. The molecule has 1 fully saturated rings. The van der Waals surface area contributed by atoms with Gasteiger partial charge in [-0.15, -0.1) is 0 Å². The number of anilines is 2. The summed E-state index contributed by atoms with van der Waals surface area (Å²) in [5.74, 6) is 2.79. The molecule has 2 atom stereocenters. The van der Waals surface area contributed by atoms with Gasteiger partial charge in [-0.3, -0.25) is 0 Å². The van der Waals surface area contributed by atoms with Crippen LogP contribution in [0.5, 0.6) is 0 Å². The molecule has 2 unspecified atom stereocenters. The van der Waals surface area contributed by atoms with Gasteiger partial charge in [0.05, 0.1) is 0 Å². The van der Waals surface area contributed by atoms with E-state index in [0.29, 0.717) is 12.0 Å². The van der Waals surface area contributed by atoms with E-state index >= 15 is 0 Å². The van der Waals surface area contributed by atoms with Crippen LogP contribution in [0.1, 0.15) is 38.8 Å². The Bertz CT molecular complexity index is 361. The van der Waals surface area contributed by atoms with E-state index in [4.69, 9.17) is 5.73 Å². The molecule has 94 valence electrons. The normalized spacial score (nSPS) is 29.0. The standard InChI is InChI=1S/C13H22N4/c1-8-4-9(2)6-11(5-8)16-12-7-10(3)15-13(14)17-12/h7-9,11H,4-6H2,1-3H3,(H3,14,15,16,17). The van der Waals surface area contributed by atoms with Gasteiger partial charge in [0.25, 0.3) is 0 Å². The van der Waals surface area contributed by atoms with Gasteiger partial charge in [0.1, 0.15) is 5.82 Å². The fourth-order valence-corrected chi connectivity index (χ4v) is 2.94. The van der Waals surface area contributed by atoms with E-state index in [9.17, 15) is 0 Å². The van der Waals surface area contributed by atoms with Crippen molar-refractivity contribution in [2.24, 2.45) is 11.8 Å². The van der Waals surface area contributed by atoms with E-state index in [1.54, 1.807) is 0 Å². The molecule has 0 saturated heterocycles. The first kappa shape index (κ1) is 12.1. The first-order chi connectivity index (χ1) is 8.02. The van der Waals surface area contributed by atoms with Gasteiger partial charge < -0.3 is 11.1 Å². The summed E-state index contributed by atoms with van der Waals surface area (Å²) < 4.78 is 0. The molecule has 0 radical (unpaired) electrons. The summed E-state index contributed by atoms with van der Waals surface area (Å²) in [5.41, 5.74) is 6.57. The molecule has 1 aromatic rings. The van der Waals surface area contributed by atoms with Crippen LogP contribution in [0.4, 0.5) is 11.8 Å². The van der Waals surface area contributed by atoms with Gasteiger partial charge in [-0.1, -0.05) is 13.8 Å². The Morgan fingerprint density at radius 3 is 2.41 bits per heavy atom. The van der Waals surface area contributed by atoms with Gasteiger partial charge in [-0.25, -0.2) is 4.98 Å². The highest BCUT2D eigenvalue weighted by Crippen LogP contribution is 2.30. The summed E-state index contributed by atoms with van der Waals surface area (Å²) in [6, 6.07) is 2.47. The second kappa shape index (κ2) is 4.90. The Morgan fingerprint density at radius 2 is 1.82 bits per heavy atom. The fourth-order valence-electron chi connectivity index (χ4n) is 2.94. The lowest BCUT2D eigenvalue weighted by atomic mass is 9.80. The quantitative estimate of drug-likeness (QED) is 0.825. The van der Waals surface area contributed by atoms with Crippen molar-refractivity contribution in [3.8, 4) is 0 Å². The van der Waals surface area contributed by atoms with Crippen LogP contribution in [0.25, 0.3) is 0 Å². The van der Waals surface area contributed by atoms with E-state index < -0.39 is 0 Å². The number of hydrogen-bond donors (Lipinski definition) is 2. The SMILES string of the molecule is Cc1cc(NC2CC(C)CC(C)C2)nc(N)n1. The third kappa shape index (κ3) is 3.32. The number of nitrogens with one attached hydrogen (secondary N) is 1. The predicted molar refractivity (Wildman–Crippen MR) is 70.8 cm³/mol. The summed E-state index contributed by atoms with van der Waals surface area (Å²) in [5, 5.41) is 3.49. The maximum atomic E-state index is 5.66. The molecule has 0 bridgehead atoms. The molecule has 4 heteroatoms. The molecule has 3 N–H and O–H groups in total. The highest BCUT2D eigenvalue weighted by Gasteiger charge is 2.24. The lowest BCUT2D eigenvalue weighted by molar-refractivity contribution is 0.280. The van der Waals surface area contributed by atoms with Crippen LogP contribution in [-0.4, -0.2) is 16.0 Å². The lowest BCUT2D eigenvalue weighted by Crippen LogP contribution is -2.30. The van der Waals surface area contributed by atoms with Crippen molar-refractivity contribution in [2.75, 3.05) is 11.1 Å². The van der Waals surface area contributed by atoms with Crippen molar-refractivity contribution < 1.29 is 0 Å². The fraction of sp³-hybridized carbons (Fsp3) is 0.692. The lowest BCUT2D eigenvalue weighted by Gasteiger charge is -2.32. The van der Waals surface area contributed by atoms with Crippen LogP contribution < -0.4 is 11.1 Å². The summed E-state index contributed by atoms with van der Waals surface area (Å²) in [6.45, 7) is 6.59. The summed E-state index contributed by atoms with van der Waals surface area (Å²) in [6.07, 6.45) is 3.77. The van der Waals surface area contributed by atoms with Crippen molar-refractivity contribution in [2.45, 2.75) is 46.1 Å². The minimum atomic E-state index is 0.351. The van der Waals surface area contributed by atoms with Crippen LogP contribution in [0.2, 0.25) is 0 Å². The Morgan fingerprint density at radius 1 is 1.18 bits per heavy atom. The van der Waals surface area contributed by atoms with Crippen LogP contribution >= 0.6 is 0 Å². The van der Waals surface area contributed by atoms with Gasteiger partial charge in [0.15, 0.2) is 0 Å². The van der Waals surface area contributed by atoms with Crippen LogP contribution in [-0.2, 0) is 0 Å². The molecule has 1 heterocycles. The zero-order valence-electron chi connectivity index (χ0n) is 10.9. The maximum absolute atomic E-state index is 5.66. The van der Waals surface area contributed by atoms with E-state index in [1.165, 1.54) is 19.3 Å². The summed E-state index contributed by atoms with van der Waals surface area (Å²) in [4.78, 5) is 8.32. The Hall–Kier alpha value is -1.32. The van der Waals surface area contributed by atoms with Crippen molar-refractivity contribution in [1.82, 2.24) is 9.97 Å². The number of aromatic nitrogens is 2. The van der Waals surface area contributed by atoms with E-state index in [0.717, 1.165) is 23.3 Å². The highest BCUT2D eigenvalue weighted by atomic mass is 15.1. The van der Waals surface area contributed by atoms with E-state index in [1.807, 2.05) is 13.0 Å². The molecule has 2 rings (SSSR count). The van der Waals surface area contributed by atoms with Crippen LogP contribution in [0, 0.1) is 18.8 Å². The largest absolute Gasteiger partial charge is 0.368 e. The zero-order chi connectivity index (χ0) is 12.4. The minimum absolute atomic E-state index is 0.351. The van der Waals surface area contributed by atoms with Gasteiger partial charge in [0.2, 0.25) is 5.95 Å². The average Bonchev–Trinajstić information content (AvgIpc) is 2.13. The third-order valence-electron chi connectivity index (χ3n) is 3.40. The molecule has 1 aliphatic carbocycles. The molecule has 17 heavy (non-hydrogen) atoms.